The molecule has 0 atom stereocenters. The van der Waals surface area contributed by atoms with E-state index in [1.54, 1.807) is 48.2 Å². The molecule has 0 fully saturated rings. The molecular weight excluding hydrogens is 318 g/mol. The van der Waals surface area contributed by atoms with Crippen molar-refractivity contribution in [1.29, 1.82) is 0 Å². The van der Waals surface area contributed by atoms with Crippen LogP contribution in [0.3, 0.4) is 0 Å². The molecule has 0 bridgehead atoms. The Morgan fingerprint density at radius 1 is 0.917 bits per heavy atom. The Bertz CT molecular complexity index is 820. The SMILES string of the molecule is Nc1cc(OC(=O)c2ccccc2)ccc1SCc1ccccc1. The highest BCUT2D eigenvalue weighted by molar-refractivity contribution is 7.98. The summed E-state index contributed by atoms with van der Waals surface area (Å²) in [5, 5.41) is 0. The standard InChI is InChI=1S/C20H17NO2S/c21-18-13-17(23-20(22)16-9-5-2-6-10-16)11-12-19(18)24-14-15-7-3-1-4-8-15/h1-13H,14,21H2. The first-order valence-corrected chi connectivity index (χ1v) is 8.54. The first-order valence-electron chi connectivity index (χ1n) is 7.56. The van der Waals surface area contributed by atoms with Crippen LogP contribution in [0.5, 0.6) is 5.75 Å². The van der Waals surface area contributed by atoms with Crippen molar-refractivity contribution in [2.45, 2.75) is 10.6 Å². The normalized spacial score (nSPS) is 10.3. The van der Waals surface area contributed by atoms with Gasteiger partial charge in [-0.25, -0.2) is 4.79 Å². The van der Waals surface area contributed by atoms with Gasteiger partial charge in [-0.3, -0.25) is 0 Å². The van der Waals surface area contributed by atoms with E-state index in [4.69, 9.17) is 10.5 Å². The average Bonchev–Trinajstić information content (AvgIpc) is 2.62. The fourth-order valence-electron chi connectivity index (χ4n) is 2.20. The Morgan fingerprint density at radius 2 is 1.58 bits per heavy atom. The predicted octanol–water partition coefficient (Wildman–Crippen LogP) is 4.78. The summed E-state index contributed by atoms with van der Waals surface area (Å²) in [6, 6.07) is 24.4. The second kappa shape index (κ2) is 7.70. The van der Waals surface area contributed by atoms with E-state index in [9.17, 15) is 4.79 Å². The quantitative estimate of drug-likeness (QED) is 0.315. The average molecular weight is 335 g/mol. The largest absolute Gasteiger partial charge is 0.423 e. The van der Waals surface area contributed by atoms with Crippen LogP contribution in [-0.4, -0.2) is 5.97 Å². The Morgan fingerprint density at radius 3 is 2.25 bits per heavy atom. The minimum atomic E-state index is -0.389. The number of carbonyl (C=O) groups is 1. The van der Waals surface area contributed by atoms with E-state index < -0.39 is 0 Å². The van der Waals surface area contributed by atoms with Gasteiger partial charge in [0, 0.05) is 22.4 Å². The second-order valence-corrected chi connectivity index (χ2v) is 6.25. The van der Waals surface area contributed by atoms with Gasteiger partial charge in [-0.15, -0.1) is 11.8 Å². The van der Waals surface area contributed by atoms with E-state index in [2.05, 4.69) is 12.1 Å². The van der Waals surface area contributed by atoms with E-state index in [0.717, 1.165) is 10.6 Å². The van der Waals surface area contributed by atoms with E-state index in [0.29, 0.717) is 17.0 Å². The van der Waals surface area contributed by atoms with Crippen LogP contribution in [0.15, 0.2) is 83.8 Å². The predicted molar refractivity (Wildman–Crippen MR) is 98.3 cm³/mol. The van der Waals surface area contributed by atoms with Gasteiger partial charge in [0.25, 0.3) is 0 Å². The highest BCUT2D eigenvalue weighted by Crippen LogP contribution is 2.31. The zero-order valence-corrected chi connectivity index (χ0v) is 13.8. The van der Waals surface area contributed by atoms with Crippen LogP contribution in [0, 0.1) is 0 Å². The van der Waals surface area contributed by atoms with Crippen molar-refractivity contribution in [3.05, 3.63) is 90.0 Å². The van der Waals surface area contributed by atoms with Crippen LogP contribution < -0.4 is 10.5 Å². The maximum absolute atomic E-state index is 12.1. The third-order valence-electron chi connectivity index (χ3n) is 3.44. The lowest BCUT2D eigenvalue weighted by Gasteiger charge is -2.09. The van der Waals surface area contributed by atoms with Gasteiger partial charge in [0.2, 0.25) is 0 Å². The van der Waals surface area contributed by atoms with Crippen molar-refractivity contribution < 1.29 is 9.53 Å². The monoisotopic (exact) mass is 335 g/mol. The van der Waals surface area contributed by atoms with Crippen molar-refractivity contribution in [2.75, 3.05) is 5.73 Å². The van der Waals surface area contributed by atoms with Crippen LogP contribution in [-0.2, 0) is 5.75 Å². The van der Waals surface area contributed by atoms with Gasteiger partial charge in [-0.05, 0) is 29.8 Å². The Balaban J connectivity index is 1.65. The molecule has 3 rings (SSSR count). The molecule has 2 N–H and O–H groups in total. The number of nitrogens with two attached hydrogens (primary N) is 1. The molecule has 120 valence electrons. The lowest BCUT2D eigenvalue weighted by Crippen LogP contribution is -2.08. The number of nitrogen functional groups attached to an aromatic ring is 1. The second-order valence-electron chi connectivity index (χ2n) is 5.23. The minimum Gasteiger partial charge on any atom is -0.423 e. The van der Waals surface area contributed by atoms with Crippen LogP contribution in [0.25, 0.3) is 0 Å². The molecule has 0 aliphatic carbocycles. The Labute approximate surface area is 145 Å². The summed E-state index contributed by atoms with van der Waals surface area (Å²) in [4.78, 5) is 13.0. The fraction of sp³-hybridized carbons (Fsp3) is 0.0500. The van der Waals surface area contributed by atoms with Gasteiger partial charge < -0.3 is 10.5 Å². The summed E-state index contributed by atoms with van der Waals surface area (Å²) in [5.74, 6) is 0.902. The number of esters is 1. The highest BCUT2D eigenvalue weighted by atomic mass is 32.2. The van der Waals surface area contributed by atoms with Gasteiger partial charge in [-0.1, -0.05) is 48.5 Å². The van der Waals surface area contributed by atoms with Gasteiger partial charge >= 0.3 is 5.97 Å². The molecule has 3 aromatic rings. The summed E-state index contributed by atoms with van der Waals surface area (Å²) < 4.78 is 5.37. The molecule has 0 saturated carbocycles. The van der Waals surface area contributed by atoms with Crippen molar-refractivity contribution in [1.82, 2.24) is 0 Å². The van der Waals surface area contributed by atoms with Crippen molar-refractivity contribution >= 4 is 23.4 Å². The molecule has 3 aromatic carbocycles. The zero-order chi connectivity index (χ0) is 16.8. The summed E-state index contributed by atoms with van der Waals surface area (Å²) in [6.07, 6.45) is 0. The highest BCUT2D eigenvalue weighted by Gasteiger charge is 2.09. The summed E-state index contributed by atoms with van der Waals surface area (Å²) in [6.45, 7) is 0. The van der Waals surface area contributed by atoms with Crippen LogP contribution in [0.1, 0.15) is 15.9 Å². The van der Waals surface area contributed by atoms with Gasteiger partial charge in [0.05, 0.1) is 5.56 Å². The molecule has 24 heavy (non-hydrogen) atoms. The molecule has 0 aliphatic rings. The maximum atomic E-state index is 12.1. The van der Waals surface area contributed by atoms with E-state index in [-0.39, 0.29) is 5.97 Å². The van der Waals surface area contributed by atoms with Crippen molar-refractivity contribution in [3.63, 3.8) is 0 Å². The maximum Gasteiger partial charge on any atom is 0.343 e. The molecule has 0 spiro atoms. The molecule has 0 heterocycles. The minimum absolute atomic E-state index is 0.389. The first kappa shape index (κ1) is 16.1. The third-order valence-corrected chi connectivity index (χ3v) is 4.60. The molecule has 0 saturated heterocycles. The molecule has 0 aliphatic heterocycles. The summed E-state index contributed by atoms with van der Waals surface area (Å²) >= 11 is 1.66. The number of hydrogen-bond donors (Lipinski definition) is 1. The lowest BCUT2D eigenvalue weighted by atomic mass is 10.2. The van der Waals surface area contributed by atoms with Crippen molar-refractivity contribution in [3.8, 4) is 5.75 Å². The Hall–Kier alpha value is -2.72. The molecule has 0 aromatic heterocycles. The number of anilines is 1. The molecule has 0 radical (unpaired) electrons. The molecule has 3 nitrogen and oxygen atoms in total. The summed E-state index contributed by atoms with van der Waals surface area (Å²) in [5.41, 5.74) is 8.44. The zero-order valence-electron chi connectivity index (χ0n) is 13.0. The smallest absolute Gasteiger partial charge is 0.343 e. The number of carbonyl (C=O) groups excluding carboxylic acids is 1. The summed E-state index contributed by atoms with van der Waals surface area (Å²) in [7, 11) is 0. The molecule has 0 unspecified atom stereocenters. The van der Waals surface area contributed by atoms with Gasteiger partial charge in [-0.2, -0.15) is 0 Å². The molecule has 4 heteroatoms. The van der Waals surface area contributed by atoms with Crippen LogP contribution in [0.4, 0.5) is 5.69 Å². The number of ether oxygens (including phenoxy) is 1. The molecule has 0 amide bonds. The van der Waals surface area contributed by atoms with E-state index in [1.165, 1.54) is 5.56 Å². The van der Waals surface area contributed by atoms with Crippen molar-refractivity contribution in [2.24, 2.45) is 0 Å². The van der Waals surface area contributed by atoms with Crippen LogP contribution >= 0.6 is 11.8 Å². The molecular formula is C20H17NO2S. The Kier molecular flexibility index (Phi) is 5.18. The van der Waals surface area contributed by atoms with Crippen LogP contribution in [0.2, 0.25) is 0 Å². The number of hydrogen-bond acceptors (Lipinski definition) is 4. The van der Waals surface area contributed by atoms with Gasteiger partial charge in [0.1, 0.15) is 5.75 Å². The van der Waals surface area contributed by atoms with Gasteiger partial charge in [0.15, 0.2) is 0 Å². The van der Waals surface area contributed by atoms with E-state index >= 15 is 0 Å². The fourth-order valence-corrected chi connectivity index (χ4v) is 3.10. The third kappa shape index (κ3) is 4.18. The van der Waals surface area contributed by atoms with E-state index in [1.807, 2.05) is 30.3 Å². The number of benzene rings is 3. The lowest BCUT2D eigenvalue weighted by molar-refractivity contribution is 0.0735. The first-order chi connectivity index (χ1) is 11.7. The number of rotatable bonds is 5. The topological polar surface area (TPSA) is 52.3 Å². The number of thioether (sulfide) groups is 1.